The maximum Gasteiger partial charge on any atom is 0.270 e. The normalized spacial score (nSPS) is 15.1. The minimum atomic E-state index is -1.87. The molecule has 3 amide bonds. The number of likely N-dealkylation sites (N-methyl/N-ethyl adjacent to an activating group) is 1. The van der Waals surface area contributed by atoms with Crippen LogP contribution >= 0.6 is 11.6 Å². The van der Waals surface area contributed by atoms with Gasteiger partial charge >= 0.3 is 0 Å². The summed E-state index contributed by atoms with van der Waals surface area (Å²) < 4.78 is 23.2. The molecule has 4 atom stereocenters. The van der Waals surface area contributed by atoms with Crippen LogP contribution in [0.2, 0.25) is 5.02 Å². The molecule has 0 saturated carbocycles. The summed E-state index contributed by atoms with van der Waals surface area (Å²) in [6.07, 6.45) is 1.50. The molecule has 11 nitrogen and oxygen atoms in total. The van der Waals surface area contributed by atoms with Gasteiger partial charge < -0.3 is 25.7 Å². The predicted molar refractivity (Wildman–Crippen MR) is 184 cm³/mol. The van der Waals surface area contributed by atoms with E-state index >= 15 is 4.39 Å². The molecule has 2 aromatic carbocycles. The summed E-state index contributed by atoms with van der Waals surface area (Å²) in [6.45, 7) is 10.6. The van der Waals surface area contributed by atoms with Crippen molar-refractivity contribution in [3.8, 4) is 0 Å². The Labute approximate surface area is 285 Å². The van der Waals surface area contributed by atoms with Gasteiger partial charge in [0.1, 0.15) is 23.2 Å². The molecule has 0 aliphatic rings. The summed E-state index contributed by atoms with van der Waals surface area (Å²) in [5.41, 5.74) is -0.595. The van der Waals surface area contributed by atoms with Crippen molar-refractivity contribution in [1.29, 1.82) is 0 Å². The Morgan fingerprint density at radius 1 is 1.08 bits per heavy atom. The molecule has 2 aromatic heterocycles. The van der Waals surface area contributed by atoms with Crippen LogP contribution in [0.25, 0.3) is 11.0 Å². The Bertz CT molecular complexity index is 1760. The van der Waals surface area contributed by atoms with E-state index in [1.807, 2.05) is 20.8 Å². The molecule has 4 N–H and O–H groups in total. The number of halogens is 2. The van der Waals surface area contributed by atoms with Crippen LogP contribution in [-0.4, -0.2) is 69.4 Å². The summed E-state index contributed by atoms with van der Waals surface area (Å²) in [7, 11) is 3.15. The van der Waals surface area contributed by atoms with Crippen molar-refractivity contribution >= 4 is 40.4 Å². The second-order valence-corrected chi connectivity index (χ2v) is 13.5. The van der Waals surface area contributed by atoms with Crippen LogP contribution in [0.5, 0.6) is 0 Å². The highest BCUT2D eigenvalue weighted by atomic mass is 35.5. The molecule has 0 saturated heterocycles. The van der Waals surface area contributed by atoms with Gasteiger partial charge in [-0.15, -0.1) is 0 Å². The Morgan fingerprint density at radius 3 is 2.38 bits per heavy atom. The van der Waals surface area contributed by atoms with E-state index in [9.17, 15) is 14.4 Å². The first kappa shape index (κ1) is 36.5. The standard InChI is InChI=1S/C35H45ClFN7O4/c1-9-38-32(46)28(20(2)3)43-33(47)35(6,19-48-8)21-14-15-24-25(18-21)41-30(40-24)29(42-31(45)26-16-17-39-44(26)7)27(34(4,5)37)22-12-10-11-13-23(22)36/h10-18,20,27-29H,9,19H2,1-8H3,(H,38,46)(H,40,41)(H,42,45)(H,43,47). The number of nitrogens with zero attached hydrogens (tertiary/aromatic N) is 3. The van der Waals surface area contributed by atoms with Crippen molar-refractivity contribution in [1.82, 2.24) is 35.7 Å². The maximum atomic E-state index is 16.3. The fraction of sp³-hybridized carbons (Fsp3) is 0.457. The lowest BCUT2D eigenvalue weighted by Crippen LogP contribution is -2.55. The monoisotopic (exact) mass is 681 g/mol. The number of carbonyl (C=O) groups excluding carboxylic acids is 3. The summed E-state index contributed by atoms with van der Waals surface area (Å²) in [5.74, 6) is -1.95. The highest BCUT2D eigenvalue weighted by molar-refractivity contribution is 6.31. The molecule has 0 bridgehead atoms. The second-order valence-electron chi connectivity index (χ2n) is 13.1. The lowest BCUT2D eigenvalue weighted by molar-refractivity contribution is -0.134. The minimum Gasteiger partial charge on any atom is -0.383 e. The number of nitrogens with one attached hydrogen (secondary N) is 4. The minimum absolute atomic E-state index is 0.0273. The highest BCUT2D eigenvalue weighted by Gasteiger charge is 2.42. The fourth-order valence-electron chi connectivity index (χ4n) is 6.00. The van der Waals surface area contributed by atoms with Gasteiger partial charge in [0.05, 0.1) is 29.1 Å². The van der Waals surface area contributed by atoms with E-state index in [0.29, 0.717) is 39.6 Å². The first-order valence-corrected chi connectivity index (χ1v) is 16.3. The molecule has 0 spiro atoms. The number of amides is 3. The van der Waals surface area contributed by atoms with Gasteiger partial charge in [-0.25, -0.2) is 9.37 Å². The van der Waals surface area contributed by atoms with E-state index in [1.54, 1.807) is 62.5 Å². The largest absolute Gasteiger partial charge is 0.383 e. The Hall–Kier alpha value is -4.29. The average Bonchev–Trinajstić information content (AvgIpc) is 3.65. The molecule has 0 aliphatic carbocycles. The zero-order valence-corrected chi connectivity index (χ0v) is 29.4. The van der Waals surface area contributed by atoms with E-state index in [2.05, 4.69) is 26.0 Å². The van der Waals surface area contributed by atoms with Crippen LogP contribution in [0.3, 0.4) is 0 Å². The van der Waals surface area contributed by atoms with Crippen molar-refractivity contribution < 1.29 is 23.5 Å². The Morgan fingerprint density at radius 2 is 1.79 bits per heavy atom. The molecule has 258 valence electrons. The number of hydrogen-bond donors (Lipinski definition) is 4. The number of H-pyrrole nitrogens is 1. The van der Waals surface area contributed by atoms with E-state index in [4.69, 9.17) is 21.3 Å². The molecular formula is C35H45ClFN7O4. The number of ether oxygens (including phenoxy) is 1. The van der Waals surface area contributed by atoms with Crippen LogP contribution < -0.4 is 16.0 Å². The molecule has 48 heavy (non-hydrogen) atoms. The first-order chi connectivity index (χ1) is 22.6. The maximum absolute atomic E-state index is 16.3. The average molecular weight is 682 g/mol. The molecule has 0 fully saturated rings. The zero-order chi connectivity index (χ0) is 35.4. The van der Waals surface area contributed by atoms with Gasteiger partial charge in [-0.1, -0.05) is 49.7 Å². The number of methoxy groups -OCH3 is 1. The van der Waals surface area contributed by atoms with Crippen molar-refractivity contribution in [2.75, 3.05) is 20.3 Å². The van der Waals surface area contributed by atoms with Gasteiger partial charge in [-0.3, -0.25) is 19.1 Å². The van der Waals surface area contributed by atoms with Crippen LogP contribution in [0.1, 0.15) is 80.9 Å². The Kier molecular flexibility index (Phi) is 11.3. The second kappa shape index (κ2) is 14.9. The van der Waals surface area contributed by atoms with E-state index in [-0.39, 0.29) is 30.0 Å². The smallest absolute Gasteiger partial charge is 0.270 e. The lowest BCUT2D eigenvalue weighted by atomic mass is 9.79. The van der Waals surface area contributed by atoms with Crippen molar-refractivity contribution in [3.63, 3.8) is 0 Å². The van der Waals surface area contributed by atoms with Gasteiger partial charge in [0.2, 0.25) is 11.8 Å². The molecule has 13 heteroatoms. The highest BCUT2D eigenvalue weighted by Crippen LogP contribution is 2.44. The number of aromatic amines is 1. The van der Waals surface area contributed by atoms with Gasteiger partial charge in [-0.2, -0.15) is 5.10 Å². The van der Waals surface area contributed by atoms with Gasteiger partial charge in [0.25, 0.3) is 5.91 Å². The van der Waals surface area contributed by atoms with Gasteiger partial charge in [-0.05, 0) is 69.0 Å². The summed E-state index contributed by atoms with van der Waals surface area (Å²) in [5, 5.41) is 13.1. The van der Waals surface area contributed by atoms with Crippen molar-refractivity contribution in [2.24, 2.45) is 13.0 Å². The third-order valence-corrected chi connectivity index (χ3v) is 8.95. The number of hydrogen-bond acceptors (Lipinski definition) is 6. The van der Waals surface area contributed by atoms with Crippen molar-refractivity contribution in [2.45, 2.75) is 70.6 Å². The number of alkyl halides is 1. The van der Waals surface area contributed by atoms with E-state index in [0.717, 1.165) is 0 Å². The lowest BCUT2D eigenvalue weighted by Gasteiger charge is -2.34. The topological polar surface area (TPSA) is 143 Å². The molecule has 4 unspecified atom stereocenters. The molecule has 0 radical (unpaired) electrons. The Balaban J connectivity index is 1.81. The fourth-order valence-corrected chi connectivity index (χ4v) is 6.26. The SMILES string of the molecule is CCNC(=O)C(NC(=O)C(C)(COC)c1ccc2nc(C(NC(=O)c3ccnn3C)C(c3ccccc3Cl)C(C)(C)F)[nH]c2c1)C(C)C. The van der Waals surface area contributed by atoms with Crippen molar-refractivity contribution in [3.05, 3.63) is 82.4 Å². The first-order valence-electron chi connectivity index (χ1n) is 15.9. The summed E-state index contributed by atoms with van der Waals surface area (Å²) in [4.78, 5) is 48.3. The zero-order valence-electron chi connectivity index (χ0n) is 28.7. The third kappa shape index (κ3) is 7.71. The van der Waals surface area contributed by atoms with Crippen LogP contribution in [0.4, 0.5) is 4.39 Å². The number of rotatable bonds is 14. The number of carbonyl (C=O) groups is 3. The number of fused-ring (bicyclic) bond motifs is 1. The molecular weight excluding hydrogens is 637 g/mol. The molecule has 0 aliphatic heterocycles. The number of imidazole rings is 1. The molecule has 4 rings (SSSR count). The van der Waals surface area contributed by atoms with E-state index in [1.165, 1.54) is 31.8 Å². The number of aromatic nitrogens is 4. The van der Waals surface area contributed by atoms with E-state index < -0.39 is 35.0 Å². The third-order valence-electron chi connectivity index (χ3n) is 8.61. The molecule has 4 aromatic rings. The van der Waals surface area contributed by atoms with Crippen LogP contribution in [-0.2, 0) is 26.8 Å². The van der Waals surface area contributed by atoms with Crippen LogP contribution in [0, 0.1) is 5.92 Å². The summed E-state index contributed by atoms with van der Waals surface area (Å²) in [6, 6.07) is 12.1. The quantitative estimate of drug-likeness (QED) is 0.145. The predicted octanol–water partition coefficient (Wildman–Crippen LogP) is 5.13. The number of benzene rings is 2. The molecule has 2 heterocycles. The van der Waals surface area contributed by atoms with Gasteiger partial charge in [0, 0.05) is 37.8 Å². The van der Waals surface area contributed by atoms with Crippen LogP contribution in [0.15, 0.2) is 54.7 Å². The number of aryl methyl sites for hydroxylation is 1. The van der Waals surface area contributed by atoms with Gasteiger partial charge in [0.15, 0.2) is 0 Å². The summed E-state index contributed by atoms with van der Waals surface area (Å²) >= 11 is 6.62.